The Bertz CT molecular complexity index is 815. The standard InChI is InChI=1S/C27H45N3O4/c1-9-10-11-12-13-17-30(23(31)18-28-26(33)34-27(6,7)8)24(25(32)29-19(2)3)22-16-14-15-20(4)21(22)5/h14-16,19,24H,9-13,17-18H2,1-8H3,(H,28,33)(H,29,32). The van der Waals surface area contributed by atoms with Gasteiger partial charge in [-0.2, -0.15) is 0 Å². The summed E-state index contributed by atoms with van der Waals surface area (Å²) >= 11 is 0. The number of hydrogen-bond donors (Lipinski definition) is 2. The number of nitrogens with one attached hydrogen (secondary N) is 2. The largest absolute Gasteiger partial charge is 0.444 e. The summed E-state index contributed by atoms with van der Waals surface area (Å²) in [5.41, 5.74) is 2.18. The van der Waals surface area contributed by atoms with Crippen LogP contribution >= 0.6 is 0 Å². The maximum Gasteiger partial charge on any atom is 0.408 e. The maximum atomic E-state index is 13.4. The molecule has 0 aliphatic rings. The predicted molar refractivity (Wildman–Crippen MR) is 137 cm³/mol. The van der Waals surface area contributed by atoms with Gasteiger partial charge in [0, 0.05) is 12.6 Å². The number of ether oxygens (including phenoxy) is 1. The molecule has 0 aliphatic heterocycles. The first kappa shape index (κ1) is 29.5. The summed E-state index contributed by atoms with van der Waals surface area (Å²) < 4.78 is 5.27. The Balaban J connectivity index is 3.24. The number of alkyl carbamates (subject to hydrolysis) is 1. The lowest BCUT2D eigenvalue weighted by Gasteiger charge is -2.33. The second-order valence-corrected chi connectivity index (χ2v) is 10.2. The molecule has 0 spiro atoms. The van der Waals surface area contributed by atoms with Gasteiger partial charge in [0.15, 0.2) is 0 Å². The van der Waals surface area contributed by atoms with Crippen LogP contribution in [-0.2, 0) is 14.3 Å². The lowest BCUT2D eigenvalue weighted by molar-refractivity contribution is -0.140. The molecule has 192 valence electrons. The van der Waals surface area contributed by atoms with Gasteiger partial charge in [-0.15, -0.1) is 0 Å². The minimum Gasteiger partial charge on any atom is -0.444 e. The van der Waals surface area contributed by atoms with Crippen molar-refractivity contribution in [2.24, 2.45) is 0 Å². The van der Waals surface area contributed by atoms with E-state index >= 15 is 0 Å². The number of hydrogen-bond acceptors (Lipinski definition) is 4. The second-order valence-electron chi connectivity index (χ2n) is 10.2. The average molecular weight is 476 g/mol. The molecule has 0 aliphatic carbocycles. The van der Waals surface area contributed by atoms with Crippen molar-refractivity contribution in [2.75, 3.05) is 13.1 Å². The third-order valence-electron chi connectivity index (χ3n) is 5.54. The highest BCUT2D eigenvalue weighted by atomic mass is 16.6. The van der Waals surface area contributed by atoms with E-state index in [0.717, 1.165) is 48.8 Å². The monoisotopic (exact) mass is 475 g/mol. The van der Waals surface area contributed by atoms with Crippen molar-refractivity contribution in [3.05, 3.63) is 34.9 Å². The van der Waals surface area contributed by atoms with Crippen LogP contribution in [-0.4, -0.2) is 47.5 Å². The Morgan fingerprint density at radius 1 is 1.03 bits per heavy atom. The summed E-state index contributed by atoms with van der Waals surface area (Å²) in [7, 11) is 0. The van der Waals surface area contributed by atoms with Gasteiger partial charge in [0.2, 0.25) is 11.8 Å². The zero-order valence-corrected chi connectivity index (χ0v) is 22.4. The summed E-state index contributed by atoms with van der Waals surface area (Å²) in [6.45, 7) is 15.4. The first-order chi connectivity index (χ1) is 15.9. The van der Waals surface area contributed by atoms with E-state index in [-0.39, 0.29) is 24.4 Å². The van der Waals surface area contributed by atoms with Gasteiger partial charge in [0.25, 0.3) is 0 Å². The van der Waals surface area contributed by atoms with Crippen LogP contribution in [0.3, 0.4) is 0 Å². The molecule has 0 radical (unpaired) electrons. The topological polar surface area (TPSA) is 87.7 Å². The number of amides is 3. The van der Waals surface area contributed by atoms with Gasteiger partial charge in [-0.05, 0) is 71.6 Å². The number of rotatable bonds is 12. The van der Waals surface area contributed by atoms with Gasteiger partial charge in [-0.25, -0.2) is 4.79 Å². The van der Waals surface area contributed by atoms with Gasteiger partial charge in [-0.3, -0.25) is 9.59 Å². The number of carbonyl (C=O) groups is 3. The summed E-state index contributed by atoms with van der Waals surface area (Å²) in [4.78, 5) is 40.6. The fraction of sp³-hybridized carbons (Fsp3) is 0.667. The molecular formula is C27H45N3O4. The Morgan fingerprint density at radius 3 is 2.26 bits per heavy atom. The van der Waals surface area contributed by atoms with Crippen molar-refractivity contribution in [3.8, 4) is 0 Å². The number of unbranched alkanes of at least 4 members (excludes halogenated alkanes) is 4. The summed E-state index contributed by atoms with van der Waals surface area (Å²) in [5, 5.41) is 5.54. The van der Waals surface area contributed by atoms with Crippen LogP contribution in [0.2, 0.25) is 0 Å². The molecular weight excluding hydrogens is 430 g/mol. The van der Waals surface area contributed by atoms with Gasteiger partial charge in [0.05, 0.1) is 0 Å². The Hall–Kier alpha value is -2.57. The second kappa shape index (κ2) is 14.0. The minimum atomic E-state index is -0.776. The van der Waals surface area contributed by atoms with E-state index in [1.54, 1.807) is 25.7 Å². The predicted octanol–water partition coefficient (Wildman–Crippen LogP) is 5.19. The van der Waals surface area contributed by atoms with Gasteiger partial charge in [0.1, 0.15) is 18.2 Å². The molecule has 0 bridgehead atoms. The minimum absolute atomic E-state index is 0.0680. The van der Waals surface area contributed by atoms with Gasteiger partial charge >= 0.3 is 6.09 Å². The average Bonchev–Trinajstić information content (AvgIpc) is 2.72. The Kier molecular flexibility index (Phi) is 12.1. The van der Waals surface area contributed by atoms with Crippen molar-refractivity contribution in [3.63, 3.8) is 0 Å². The quantitative estimate of drug-likeness (QED) is 0.407. The molecule has 7 heteroatoms. The molecule has 34 heavy (non-hydrogen) atoms. The first-order valence-corrected chi connectivity index (χ1v) is 12.5. The van der Waals surface area contributed by atoms with Gasteiger partial charge in [-0.1, -0.05) is 50.8 Å². The van der Waals surface area contributed by atoms with E-state index in [2.05, 4.69) is 17.6 Å². The smallest absolute Gasteiger partial charge is 0.408 e. The van der Waals surface area contributed by atoms with Crippen LogP contribution in [0.4, 0.5) is 4.79 Å². The summed E-state index contributed by atoms with van der Waals surface area (Å²) in [6.07, 6.45) is 4.46. The van der Waals surface area contributed by atoms with Crippen LogP contribution < -0.4 is 10.6 Å². The molecule has 0 saturated carbocycles. The number of aryl methyl sites for hydroxylation is 1. The van der Waals surface area contributed by atoms with Crippen LogP contribution in [0.25, 0.3) is 0 Å². The molecule has 1 aromatic carbocycles. The third-order valence-corrected chi connectivity index (χ3v) is 5.54. The number of nitrogens with zero attached hydrogens (tertiary/aromatic N) is 1. The fourth-order valence-electron chi connectivity index (χ4n) is 3.73. The van der Waals surface area contributed by atoms with Gasteiger partial charge < -0.3 is 20.3 Å². The highest BCUT2D eigenvalue weighted by Crippen LogP contribution is 2.27. The zero-order valence-electron chi connectivity index (χ0n) is 22.4. The highest BCUT2D eigenvalue weighted by Gasteiger charge is 2.33. The molecule has 0 aromatic heterocycles. The first-order valence-electron chi connectivity index (χ1n) is 12.5. The maximum absolute atomic E-state index is 13.4. The molecule has 1 atom stereocenters. The number of carbonyl (C=O) groups excluding carboxylic acids is 3. The Labute approximate surface area is 206 Å². The van der Waals surface area contributed by atoms with E-state index in [1.165, 1.54) is 0 Å². The van der Waals surface area contributed by atoms with Crippen molar-refractivity contribution in [1.82, 2.24) is 15.5 Å². The Morgan fingerprint density at radius 2 is 1.68 bits per heavy atom. The van der Waals surface area contributed by atoms with E-state index in [4.69, 9.17) is 4.74 Å². The van der Waals surface area contributed by atoms with Crippen LogP contribution in [0.1, 0.15) is 96.4 Å². The van der Waals surface area contributed by atoms with Crippen LogP contribution in [0, 0.1) is 13.8 Å². The molecule has 0 fully saturated rings. The van der Waals surface area contributed by atoms with E-state index in [1.807, 2.05) is 45.9 Å². The third kappa shape index (κ3) is 10.1. The van der Waals surface area contributed by atoms with Crippen molar-refractivity contribution in [1.29, 1.82) is 0 Å². The number of benzene rings is 1. The molecule has 1 aromatic rings. The molecule has 0 heterocycles. The summed E-state index contributed by atoms with van der Waals surface area (Å²) in [6, 6.07) is 4.97. The van der Waals surface area contributed by atoms with Crippen molar-refractivity contribution < 1.29 is 19.1 Å². The molecule has 3 amide bonds. The normalized spacial score (nSPS) is 12.3. The van der Waals surface area contributed by atoms with Crippen LogP contribution in [0.5, 0.6) is 0 Å². The molecule has 7 nitrogen and oxygen atoms in total. The van der Waals surface area contributed by atoms with Crippen LogP contribution in [0.15, 0.2) is 18.2 Å². The summed E-state index contributed by atoms with van der Waals surface area (Å²) in [5.74, 6) is -0.533. The lowest BCUT2D eigenvalue weighted by atomic mass is 9.95. The van der Waals surface area contributed by atoms with E-state index < -0.39 is 17.7 Å². The van der Waals surface area contributed by atoms with E-state index in [9.17, 15) is 14.4 Å². The fourth-order valence-corrected chi connectivity index (χ4v) is 3.73. The zero-order chi connectivity index (χ0) is 25.9. The molecule has 1 rings (SSSR count). The molecule has 1 unspecified atom stereocenters. The lowest BCUT2D eigenvalue weighted by Crippen LogP contribution is -2.49. The highest BCUT2D eigenvalue weighted by molar-refractivity contribution is 5.90. The SMILES string of the molecule is CCCCCCCN(C(=O)CNC(=O)OC(C)(C)C)C(C(=O)NC(C)C)c1cccc(C)c1C. The van der Waals surface area contributed by atoms with Crippen molar-refractivity contribution in [2.45, 2.75) is 105 Å². The van der Waals surface area contributed by atoms with Crippen molar-refractivity contribution >= 4 is 17.9 Å². The molecule has 2 N–H and O–H groups in total. The van der Waals surface area contributed by atoms with E-state index in [0.29, 0.717) is 6.54 Å². The molecule has 0 saturated heterocycles.